The van der Waals surface area contributed by atoms with Crippen LogP contribution in [0.15, 0.2) is 24.3 Å². The minimum Gasteiger partial charge on any atom is -0.368 e. The van der Waals surface area contributed by atoms with E-state index < -0.39 is 0 Å². The van der Waals surface area contributed by atoms with Gasteiger partial charge in [-0.25, -0.2) is 0 Å². The van der Waals surface area contributed by atoms with Crippen LogP contribution in [-0.2, 0) is 19.1 Å². The molecule has 3 amide bonds. The average molecular weight is 330 g/mol. The van der Waals surface area contributed by atoms with Gasteiger partial charge in [-0.05, 0) is 43.5 Å². The van der Waals surface area contributed by atoms with Crippen LogP contribution in [0, 0.1) is 0 Å². The molecule has 0 unspecified atom stereocenters. The Hall–Kier alpha value is -2.21. The lowest BCUT2D eigenvalue weighted by Gasteiger charge is -2.25. The second-order valence-corrected chi connectivity index (χ2v) is 6.29. The third kappa shape index (κ3) is 4.00. The van der Waals surface area contributed by atoms with Crippen LogP contribution in [-0.4, -0.2) is 30.4 Å². The number of nitrogens with zero attached hydrogens (tertiary/aromatic N) is 1. The topological polar surface area (TPSA) is 75.7 Å². The quantitative estimate of drug-likeness (QED) is 0.842. The van der Waals surface area contributed by atoms with E-state index in [-0.39, 0.29) is 30.4 Å². The highest BCUT2D eigenvalue weighted by atomic mass is 16.5. The van der Waals surface area contributed by atoms with Gasteiger partial charge in [0.1, 0.15) is 6.61 Å². The number of carbonyl (C=O) groups is 3. The monoisotopic (exact) mass is 330 g/mol. The predicted molar refractivity (Wildman–Crippen MR) is 89.6 cm³/mol. The summed E-state index contributed by atoms with van der Waals surface area (Å²) in [5.74, 6) is -0.541. The maximum atomic E-state index is 11.9. The molecule has 0 bridgehead atoms. The van der Waals surface area contributed by atoms with Crippen molar-refractivity contribution >= 4 is 29.1 Å². The highest BCUT2D eigenvalue weighted by molar-refractivity contribution is 6.16. The van der Waals surface area contributed by atoms with Crippen molar-refractivity contribution in [3.63, 3.8) is 0 Å². The molecule has 1 heterocycles. The van der Waals surface area contributed by atoms with Crippen molar-refractivity contribution in [2.45, 2.75) is 51.0 Å². The number of benzene rings is 1. The predicted octanol–water partition coefficient (Wildman–Crippen LogP) is 2.63. The first-order valence-electron chi connectivity index (χ1n) is 8.51. The zero-order valence-corrected chi connectivity index (χ0v) is 13.6. The molecule has 2 fully saturated rings. The van der Waals surface area contributed by atoms with Crippen molar-refractivity contribution in [1.82, 2.24) is 0 Å². The molecule has 6 nitrogen and oxygen atoms in total. The number of hydrogen-bond donors (Lipinski definition) is 1. The van der Waals surface area contributed by atoms with E-state index in [4.69, 9.17) is 4.74 Å². The van der Waals surface area contributed by atoms with Gasteiger partial charge in [-0.1, -0.05) is 12.8 Å². The molecule has 1 aliphatic heterocycles. The number of amides is 3. The van der Waals surface area contributed by atoms with Crippen molar-refractivity contribution in [2.75, 3.05) is 16.8 Å². The van der Waals surface area contributed by atoms with E-state index in [1.165, 1.54) is 17.7 Å². The highest BCUT2D eigenvalue weighted by Gasteiger charge is 2.27. The smallest absolute Gasteiger partial charge is 0.250 e. The summed E-state index contributed by atoms with van der Waals surface area (Å²) in [4.78, 5) is 36.9. The summed E-state index contributed by atoms with van der Waals surface area (Å²) < 4.78 is 5.57. The first-order valence-corrected chi connectivity index (χ1v) is 8.51. The number of anilines is 2. The Morgan fingerprint density at radius 3 is 2.29 bits per heavy atom. The van der Waals surface area contributed by atoms with Crippen molar-refractivity contribution < 1.29 is 19.1 Å². The highest BCUT2D eigenvalue weighted by Crippen LogP contribution is 2.24. The van der Waals surface area contributed by atoms with E-state index in [0.717, 1.165) is 12.8 Å². The molecule has 2 aliphatic rings. The van der Waals surface area contributed by atoms with Crippen LogP contribution in [0.25, 0.3) is 0 Å². The van der Waals surface area contributed by atoms with Crippen LogP contribution in [0.3, 0.4) is 0 Å². The summed E-state index contributed by atoms with van der Waals surface area (Å²) in [6.07, 6.45) is 5.99. The molecule has 6 heteroatoms. The standard InChI is InChI=1S/C18H22N2O4/c21-16(12-24-15-4-1-2-5-15)19-13-8-10-14(11-9-13)20-17(22)6-3-7-18(20)23/h8-11,15H,1-7,12H2,(H,19,21). The van der Waals surface area contributed by atoms with E-state index in [0.29, 0.717) is 30.6 Å². The Labute approximate surface area is 141 Å². The third-order valence-electron chi connectivity index (χ3n) is 4.44. The van der Waals surface area contributed by atoms with E-state index >= 15 is 0 Å². The lowest BCUT2D eigenvalue weighted by Crippen LogP contribution is -2.40. The molecule has 1 saturated heterocycles. The molecule has 1 aromatic rings. The van der Waals surface area contributed by atoms with Gasteiger partial charge in [0.15, 0.2) is 0 Å². The summed E-state index contributed by atoms with van der Waals surface area (Å²) in [7, 11) is 0. The summed E-state index contributed by atoms with van der Waals surface area (Å²) >= 11 is 0. The molecule has 0 aromatic heterocycles. The molecular formula is C18H22N2O4. The Balaban J connectivity index is 1.54. The van der Waals surface area contributed by atoms with E-state index in [1.54, 1.807) is 24.3 Å². The van der Waals surface area contributed by atoms with Crippen molar-refractivity contribution in [1.29, 1.82) is 0 Å². The minimum atomic E-state index is -0.195. The van der Waals surface area contributed by atoms with Gasteiger partial charge in [0.05, 0.1) is 11.8 Å². The van der Waals surface area contributed by atoms with Crippen LogP contribution in [0.5, 0.6) is 0 Å². The Morgan fingerprint density at radius 1 is 1.04 bits per heavy atom. The molecule has 0 spiro atoms. The average Bonchev–Trinajstić information content (AvgIpc) is 3.08. The van der Waals surface area contributed by atoms with Gasteiger partial charge in [0.25, 0.3) is 0 Å². The SMILES string of the molecule is O=C(COC1CCCC1)Nc1ccc(N2C(=O)CCCC2=O)cc1. The third-order valence-corrected chi connectivity index (χ3v) is 4.44. The maximum absolute atomic E-state index is 11.9. The van der Waals surface area contributed by atoms with E-state index in [2.05, 4.69) is 5.32 Å². The normalized spacial score (nSPS) is 18.9. The maximum Gasteiger partial charge on any atom is 0.250 e. The van der Waals surface area contributed by atoms with Gasteiger partial charge in [-0.2, -0.15) is 0 Å². The molecule has 128 valence electrons. The molecule has 0 radical (unpaired) electrons. The van der Waals surface area contributed by atoms with E-state index in [1.807, 2.05) is 0 Å². The van der Waals surface area contributed by atoms with Crippen molar-refractivity contribution in [2.24, 2.45) is 0 Å². The van der Waals surface area contributed by atoms with Gasteiger partial charge in [0, 0.05) is 18.5 Å². The number of nitrogens with one attached hydrogen (secondary N) is 1. The zero-order chi connectivity index (χ0) is 16.9. The number of piperidine rings is 1. The fraction of sp³-hybridized carbons (Fsp3) is 0.500. The van der Waals surface area contributed by atoms with Crippen LogP contribution in [0.4, 0.5) is 11.4 Å². The first-order chi connectivity index (χ1) is 11.6. The van der Waals surface area contributed by atoms with Gasteiger partial charge in [-0.3, -0.25) is 19.3 Å². The fourth-order valence-corrected chi connectivity index (χ4v) is 3.18. The molecule has 1 aliphatic carbocycles. The zero-order valence-electron chi connectivity index (χ0n) is 13.6. The van der Waals surface area contributed by atoms with Crippen LogP contribution in [0.1, 0.15) is 44.9 Å². The van der Waals surface area contributed by atoms with Crippen molar-refractivity contribution in [3.05, 3.63) is 24.3 Å². The largest absolute Gasteiger partial charge is 0.368 e. The number of hydrogen-bond acceptors (Lipinski definition) is 4. The summed E-state index contributed by atoms with van der Waals surface area (Å²) in [5, 5.41) is 2.77. The lowest BCUT2D eigenvalue weighted by molar-refractivity contribution is -0.129. The van der Waals surface area contributed by atoms with Gasteiger partial charge in [-0.15, -0.1) is 0 Å². The molecule has 0 atom stereocenters. The Morgan fingerprint density at radius 2 is 1.67 bits per heavy atom. The van der Waals surface area contributed by atoms with E-state index in [9.17, 15) is 14.4 Å². The molecule has 1 N–H and O–H groups in total. The molecule has 24 heavy (non-hydrogen) atoms. The van der Waals surface area contributed by atoms with Crippen LogP contribution in [0.2, 0.25) is 0 Å². The number of ether oxygens (including phenoxy) is 1. The van der Waals surface area contributed by atoms with Gasteiger partial charge < -0.3 is 10.1 Å². The Kier molecular flexibility index (Phi) is 5.25. The number of imide groups is 1. The van der Waals surface area contributed by atoms with Gasteiger partial charge >= 0.3 is 0 Å². The molecular weight excluding hydrogens is 308 g/mol. The second-order valence-electron chi connectivity index (χ2n) is 6.29. The molecule has 1 aromatic carbocycles. The Bertz CT molecular complexity index is 604. The minimum absolute atomic E-state index is 0.0511. The lowest BCUT2D eigenvalue weighted by atomic mass is 10.1. The molecule has 1 saturated carbocycles. The summed E-state index contributed by atoms with van der Waals surface area (Å²) in [6, 6.07) is 6.74. The van der Waals surface area contributed by atoms with Crippen LogP contribution < -0.4 is 10.2 Å². The van der Waals surface area contributed by atoms with Gasteiger partial charge in [0.2, 0.25) is 17.7 Å². The fourth-order valence-electron chi connectivity index (χ4n) is 3.18. The number of rotatable bonds is 5. The second kappa shape index (κ2) is 7.57. The van der Waals surface area contributed by atoms with Crippen LogP contribution >= 0.6 is 0 Å². The molecule has 3 rings (SSSR count). The summed E-state index contributed by atoms with van der Waals surface area (Å²) in [6.45, 7) is 0.0511. The first kappa shape index (κ1) is 16.6. The van der Waals surface area contributed by atoms with Crippen molar-refractivity contribution in [3.8, 4) is 0 Å². The number of carbonyl (C=O) groups excluding carboxylic acids is 3. The summed E-state index contributed by atoms with van der Waals surface area (Å²) in [5.41, 5.74) is 1.17.